The summed E-state index contributed by atoms with van der Waals surface area (Å²) in [4.78, 5) is 11.0. The van der Waals surface area contributed by atoms with Gasteiger partial charge in [0.05, 0.1) is 6.04 Å². The highest BCUT2D eigenvalue weighted by molar-refractivity contribution is 6.30. The Labute approximate surface area is 99.2 Å². The quantitative estimate of drug-likeness (QED) is 0.887. The van der Waals surface area contributed by atoms with Crippen molar-refractivity contribution in [2.24, 2.45) is 0 Å². The van der Waals surface area contributed by atoms with Crippen molar-refractivity contribution in [1.29, 1.82) is 0 Å². The first-order valence-corrected chi connectivity index (χ1v) is 6.03. The number of aromatic carboxylic acids is 1. The molecule has 2 rings (SSSR count). The third-order valence-corrected chi connectivity index (χ3v) is 3.57. The molecule has 1 aliphatic rings. The van der Waals surface area contributed by atoms with E-state index in [9.17, 15) is 4.79 Å². The molecule has 1 fully saturated rings. The van der Waals surface area contributed by atoms with Gasteiger partial charge in [0.15, 0.2) is 5.69 Å². The van der Waals surface area contributed by atoms with Crippen molar-refractivity contribution in [3.05, 3.63) is 16.4 Å². The molecule has 4 nitrogen and oxygen atoms in total. The van der Waals surface area contributed by atoms with Crippen molar-refractivity contribution >= 4 is 17.6 Å². The van der Waals surface area contributed by atoms with Crippen LogP contribution in [0, 0.1) is 0 Å². The molecule has 1 saturated carbocycles. The lowest BCUT2D eigenvalue weighted by molar-refractivity contribution is 0.0688. The molecule has 0 bridgehead atoms. The monoisotopic (exact) mass is 242 g/mol. The largest absolute Gasteiger partial charge is 0.476 e. The summed E-state index contributed by atoms with van der Waals surface area (Å²) in [6.07, 6.45) is 5.04. The van der Waals surface area contributed by atoms with E-state index in [2.05, 4.69) is 5.10 Å². The fraction of sp³-hybridized carbons (Fsp3) is 0.636. The van der Waals surface area contributed by atoms with Crippen LogP contribution in [-0.2, 0) is 6.42 Å². The van der Waals surface area contributed by atoms with Crippen LogP contribution in [0.2, 0.25) is 5.15 Å². The van der Waals surface area contributed by atoms with Crippen molar-refractivity contribution in [3.8, 4) is 0 Å². The standard InChI is InChI=1S/C11H15ClN2O2/c1-2-8-9(11(15)16)13-14(10(8)12)7-5-3-4-6-7/h7H,2-6H2,1H3,(H,15,16). The topological polar surface area (TPSA) is 55.1 Å². The van der Waals surface area contributed by atoms with Crippen LogP contribution in [0.1, 0.15) is 54.7 Å². The predicted molar refractivity (Wildman–Crippen MR) is 61.1 cm³/mol. The molecule has 0 amide bonds. The van der Waals surface area contributed by atoms with Crippen molar-refractivity contribution in [2.45, 2.75) is 45.1 Å². The smallest absolute Gasteiger partial charge is 0.356 e. The van der Waals surface area contributed by atoms with E-state index in [1.54, 1.807) is 4.68 Å². The fourth-order valence-corrected chi connectivity index (χ4v) is 2.72. The van der Waals surface area contributed by atoms with Crippen LogP contribution in [0.5, 0.6) is 0 Å². The highest BCUT2D eigenvalue weighted by Gasteiger charge is 2.26. The van der Waals surface area contributed by atoms with E-state index in [4.69, 9.17) is 16.7 Å². The van der Waals surface area contributed by atoms with Crippen LogP contribution in [0.15, 0.2) is 0 Å². The van der Waals surface area contributed by atoms with E-state index >= 15 is 0 Å². The normalized spacial score (nSPS) is 16.9. The van der Waals surface area contributed by atoms with Gasteiger partial charge < -0.3 is 5.11 Å². The molecule has 0 unspecified atom stereocenters. The highest BCUT2D eigenvalue weighted by Crippen LogP contribution is 2.33. The Morgan fingerprint density at radius 1 is 1.56 bits per heavy atom. The maximum absolute atomic E-state index is 11.0. The minimum absolute atomic E-state index is 0.111. The summed E-state index contributed by atoms with van der Waals surface area (Å²) < 4.78 is 1.71. The van der Waals surface area contributed by atoms with Gasteiger partial charge in [-0.3, -0.25) is 0 Å². The maximum Gasteiger partial charge on any atom is 0.356 e. The Kier molecular flexibility index (Phi) is 3.19. The van der Waals surface area contributed by atoms with Crippen molar-refractivity contribution in [3.63, 3.8) is 0 Å². The molecule has 1 N–H and O–H groups in total. The molecule has 16 heavy (non-hydrogen) atoms. The predicted octanol–water partition coefficient (Wildman–Crippen LogP) is 2.91. The Morgan fingerprint density at radius 3 is 2.62 bits per heavy atom. The van der Waals surface area contributed by atoms with Crippen LogP contribution in [0.4, 0.5) is 0 Å². The van der Waals surface area contributed by atoms with Crippen LogP contribution < -0.4 is 0 Å². The maximum atomic E-state index is 11.0. The van der Waals surface area contributed by atoms with Gasteiger partial charge in [0.2, 0.25) is 0 Å². The lowest BCUT2D eigenvalue weighted by Gasteiger charge is -2.10. The third-order valence-electron chi connectivity index (χ3n) is 3.17. The Bertz CT molecular complexity index is 408. The molecule has 0 aromatic carbocycles. The second kappa shape index (κ2) is 4.45. The van der Waals surface area contributed by atoms with Gasteiger partial charge in [0.1, 0.15) is 5.15 Å². The lowest BCUT2D eigenvalue weighted by atomic mass is 10.2. The average molecular weight is 243 g/mol. The van der Waals surface area contributed by atoms with Gasteiger partial charge in [0, 0.05) is 5.56 Å². The summed E-state index contributed by atoms with van der Waals surface area (Å²) in [5.41, 5.74) is 0.764. The summed E-state index contributed by atoms with van der Waals surface area (Å²) >= 11 is 6.19. The minimum atomic E-state index is -0.990. The molecular formula is C11H15ClN2O2. The number of rotatable bonds is 3. The molecule has 0 atom stereocenters. The van der Waals surface area contributed by atoms with Gasteiger partial charge in [-0.25, -0.2) is 9.48 Å². The van der Waals surface area contributed by atoms with E-state index in [-0.39, 0.29) is 11.7 Å². The molecule has 0 radical (unpaired) electrons. The van der Waals surface area contributed by atoms with Gasteiger partial charge in [-0.05, 0) is 19.3 Å². The molecule has 88 valence electrons. The first-order valence-electron chi connectivity index (χ1n) is 5.65. The first kappa shape index (κ1) is 11.5. The van der Waals surface area contributed by atoms with Crippen molar-refractivity contribution in [1.82, 2.24) is 9.78 Å². The number of aromatic nitrogens is 2. The van der Waals surface area contributed by atoms with E-state index in [0.717, 1.165) is 12.8 Å². The van der Waals surface area contributed by atoms with E-state index in [0.29, 0.717) is 17.1 Å². The Balaban J connectivity index is 2.42. The lowest BCUT2D eigenvalue weighted by Crippen LogP contribution is -2.08. The van der Waals surface area contributed by atoms with Crippen LogP contribution in [0.25, 0.3) is 0 Å². The second-order valence-corrected chi connectivity index (χ2v) is 4.52. The first-order chi connectivity index (χ1) is 7.65. The average Bonchev–Trinajstić information content (AvgIpc) is 2.84. The molecule has 1 aliphatic carbocycles. The minimum Gasteiger partial charge on any atom is -0.476 e. The second-order valence-electron chi connectivity index (χ2n) is 4.16. The summed E-state index contributed by atoms with van der Waals surface area (Å²) in [5, 5.41) is 13.7. The van der Waals surface area contributed by atoms with Crippen molar-refractivity contribution in [2.75, 3.05) is 0 Å². The molecule has 5 heteroatoms. The van der Waals surface area contributed by atoms with E-state index in [1.165, 1.54) is 12.8 Å². The Morgan fingerprint density at radius 2 is 2.19 bits per heavy atom. The van der Waals surface area contributed by atoms with Gasteiger partial charge in [-0.2, -0.15) is 5.10 Å². The molecule has 0 aliphatic heterocycles. The number of carbonyl (C=O) groups is 1. The third kappa shape index (κ3) is 1.82. The number of carboxylic acids is 1. The number of carboxylic acid groups (broad SMARTS) is 1. The molecule has 0 saturated heterocycles. The molecule has 1 aromatic heterocycles. The summed E-state index contributed by atoms with van der Waals surface area (Å²) in [6.45, 7) is 1.90. The highest BCUT2D eigenvalue weighted by atomic mass is 35.5. The Hall–Kier alpha value is -1.03. The molecular weight excluding hydrogens is 228 g/mol. The number of hydrogen-bond acceptors (Lipinski definition) is 2. The van der Waals surface area contributed by atoms with E-state index < -0.39 is 5.97 Å². The number of hydrogen-bond donors (Lipinski definition) is 1. The van der Waals surface area contributed by atoms with Crippen molar-refractivity contribution < 1.29 is 9.90 Å². The summed E-state index contributed by atoms with van der Waals surface area (Å²) in [7, 11) is 0. The molecule has 1 aromatic rings. The van der Waals surface area contributed by atoms with Gasteiger partial charge in [-0.15, -0.1) is 0 Å². The van der Waals surface area contributed by atoms with Crippen LogP contribution >= 0.6 is 11.6 Å². The number of halogens is 1. The SMILES string of the molecule is CCc1c(C(=O)O)nn(C2CCCC2)c1Cl. The molecule has 0 spiro atoms. The summed E-state index contributed by atoms with van der Waals surface area (Å²) in [5.74, 6) is -0.990. The van der Waals surface area contributed by atoms with Gasteiger partial charge in [0.25, 0.3) is 0 Å². The van der Waals surface area contributed by atoms with Crippen LogP contribution in [0.3, 0.4) is 0 Å². The summed E-state index contributed by atoms with van der Waals surface area (Å²) in [6, 6.07) is 0.283. The van der Waals surface area contributed by atoms with E-state index in [1.807, 2.05) is 6.92 Å². The zero-order chi connectivity index (χ0) is 11.7. The molecule has 1 heterocycles. The fourth-order valence-electron chi connectivity index (χ4n) is 2.32. The van der Waals surface area contributed by atoms with Crippen LogP contribution in [-0.4, -0.2) is 20.9 Å². The van der Waals surface area contributed by atoms with Gasteiger partial charge >= 0.3 is 5.97 Å². The number of nitrogens with zero attached hydrogens (tertiary/aromatic N) is 2. The zero-order valence-electron chi connectivity index (χ0n) is 9.24. The zero-order valence-corrected chi connectivity index (χ0v) is 10.00. The van der Waals surface area contributed by atoms with Gasteiger partial charge in [-0.1, -0.05) is 31.4 Å².